The zero-order valence-electron chi connectivity index (χ0n) is 8.88. The van der Waals surface area contributed by atoms with Crippen molar-refractivity contribution in [3.05, 3.63) is 33.8 Å². The zero-order chi connectivity index (χ0) is 13.2. The summed E-state index contributed by atoms with van der Waals surface area (Å²) in [6, 6.07) is 3.00. The number of hydrogen-bond donors (Lipinski definition) is 1. The lowest BCUT2D eigenvalue weighted by Crippen LogP contribution is -2.12. The Morgan fingerprint density at radius 3 is 2.41 bits per heavy atom. The molecular weight excluding hydrogens is 301 g/mol. The van der Waals surface area contributed by atoms with Crippen molar-refractivity contribution < 1.29 is 23.1 Å². The first-order valence-corrected chi connectivity index (χ1v) is 5.66. The van der Waals surface area contributed by atoms with E-state index in [9.17, 15) is 18.0 Å². The smallest absolute Gasteiger partial charge is 0.416 e. The zero-order valence-corrected chi connectivity index (χ0v) is 10.5. The van der Waals surface area contributed by atoms with E-state index < -0.39 is 23.6 Å². The molecule has 1 N–H and O–H groups in total. The van der Waals surface area contributed by atoms with Gasteiger partial charge in [-0.3, -0.25) is 4.79 Å². The van der Waals surface area contributed by atoms with Crippen molar-refractivity contribution in [1.82, 2.24) is 0 Å². The van der Waals surface area contributed by atoms with Gasteiger partial charge in [-0.1, -0.05) is 28.9 Å². The van der Waals surface area contributed by atoms with Gasteiger partial charge in [0.05, 0.1) is 11.5 Å². The molecule has 0 heterocycles. The van der Waals surface area contributed by atoms with Crippen LogP contribution in [0.25, 0.3) is 0 Å². The van der Waals surface area contributed by atoms with Crippen molar-refractivity contribution in [1.29, 1.82) is 0 Å². The summed E-state index contributed by atoms with van der Waals surface area (Å²) in [5.74, 6) is -1.85. The van der Waals surface area contributed by atoms with Crippen molar-refractivity contribution in [3.63, 3.8) is 0 Å². The molecule has 1 rings (SSSR count). The molecule has 6 heteroatoms. The van der Waals surface area contributed by atoms with Crippen LogP contribution in [-0.2, 0) is 11.0 Å². The predicted octanol–water partition coefficient (Wildman–Crippen LogP) is 4.05. The highest BCUT2D eigenvalue weighted by atomic mass is 79.9. The van der Waals surface area contributed by atoms with Gasteiger partial charge in [-0.15, -0.1) is 0 Å². The van der Waals surface area contributed by atoms with Crippen LogP contribution in [0, 0.1) is 0 Å². The summed E-state index contributed by atoms with van der Waals surface area (Å²) < 4.78 is 37.4. The molecule has 0 saturated heterocycles. The van der Waals surface area contributed by atoms with Gasteiger partial charge in [-0.05, 0) is 24.1 Å². The van der Waals surface area contributed by atoms with Gasteiger partial charge in [-0.25, -0.2) is 0 Å². The molecule has 0 radical (unpaired) electrons. The molecule has 2 nitrogen and oxygen atoms in total. The van der Waals surface area contributed by atoms with Gasteiger partial charge in [0.25, 0.3) is 0 Å². The molecule has 0 saturated carbocycles. The highest BCUT2D eigenvalue weighted by Gasteiger charge is 2.31. The molecule has 0 fully saturated rings. The van der Waals surface area contributed by atoms with E-state index in [1.807, 2.05) is 0 Å². The largest absolute Gasteiger partial charge is 0.481 e. The highest BCUT2D eigenvalue weighted by molar-refractivity contribution is 9.10. The van der Waals surface area contributed by atoms with E-state index in [4.69, 9.17) is 5.11 Å². The third-order valence-corrected chi connectivity index (χ3v) is 3.10. The second-order valence-electron chi connectivity index (χ2n) is 3.53. The molecule has 0 aliphatic heterocycles. The summed E-state index contributed by atoms with van der Waals surface area (Å²) in [6.45, 7) is 1.67. The van der Waals surface area contributed by atoms with Crippen LogP contribution in [0.1, 0.15) is 30.4 Å². The van der Waals surface area contributed by atoms with Crippen molar-refractivity contribution in [2.24, 2.45) is 0 Å². The Labute approximate surface area is 105 Å². The molecule has 1 unspecified atom stereocenters. The van der Waals surface area contributed by atoms with Gasteiger partial charge in [0, 0.05) is 4.47 Å². The van der Waals surface area contributed by atoms with E-state index in [-0.39, 0.29) is 4.47 Å². The molecule has 17 heavy (non-hydrogen) atoms. The van der Waals surface area contributed by atoms with Crippen molar-refractivity contribution >= 4 is 21.9 Å². The van der Waals surface area contributed by atoms with Crippen LogP contribution in [0.5, 0.6) is 0 Å². The standard InChI is InChI=1S/C11H10BrF3O2/c1-2-7(10(16)17)8-4-3-6(5-9(8)12)11(13,14)15/h3-5,7H,2H2,1H3,(H,16,17). The number of carboxylic acids is 1. The number of rotatable bonds is 3. The van der Waals surface area contributed by atoms with E-state index in [0.29, 0.717) is 12.0 Å². The number of halogens is 4. The van der Waals surface area contributed by atoms with E-state index in [0.717, 1.165) is 12.1 Å². The monoisotopic (exact) mass is 310 g/mol. The lowest BCUT2D eigenvalue weighted by atomic mass is 9.95. The van der Waals surface area contributed by atoms with E-state index in [1.165, 1.54) is 6.07 Å². The SMILES string of the molecule is CCC(C(=O)O)c1ccc(C(F)(F)F)cc1Br. The van der Waals surface area contributed by atoms with Crippen LogP contribution in [0.15, 0.2) is 22.7 Å². The van der Waals surface area contributed by atoms with E-state index in [2.05, 4.69) is 15.9 Å². The number of aliphatic carboxylic acids is 1. The number of carbonyl (C=O) groups is 1. The minimum Gasteiger partial charge on any atom is -0.481 e. The number of benzene rings is 1. The fraction of sp³-hybridized carbons (Fsp3) is 0.364. The quantitative estimate of drug-likeness (QED) is 0.914. The van der Waals surface area contributed by atoms with Gasteiger partial charge in [0.2, 0.25) is 0 Å². The van der Waals surface area contributed by atoms with Crippen LogP contribution >= 0.6 is 15.9 Å². The lowest BCUT2D eigenvalue weighted by Gasteiger charge is -2.14. The summed E-state index contributed by atoms with van der Waals surface area (Å²) in [7, 11) is 0. The minimum absolute atomic E-state index is 0.168. The van der Waals surface area contributed by atoms with Gasteiger partial charge < -0.3 is 5.11 Å². The van der Waals surface area contributed by atoms with E-state index >= 15 is 0 Å². The summed E-state index contributed by atoms with van der Waals surface area (Å²) in [6.07, 6.45) is -4.11. The lowest BCUT2D eigenvalue weighted by molar-refractivity contribution is -0.139. The molecule has 0 aromatic heterocycles. The topological polar surface area (TPSA) is 37.3 Å². The first kappa shape index (κ1) is 14.0. The Hall–Kier alpha value is -1.04. The Morgan fingerprint density at radius 1 is 1.47 bits per heavy atom. The molecule has 1 aromatic carbocycles. The van der Waals surface area contributed by atoms with E-state index in [1.54, 1.807) is 6.92 Å². The normalized spacial score (nSPS) is 13.5. The maximum absolute atomic E-state index is 12.4. The van der Waals surface area contributed by atoms with Crippen LogP contribution < -0.4 is 0 Å². The van der Waals surface area contributed by atoms with Crippen LogP contribution in [0.3, 0.4) is 0 Å². The van der Waals surface area contributed by atoms with Crippen LogP contribution in [-0.4, -0.2) is 11.1 Å². The minimum atomic E-state index is -4.42. The Bertz CT molecular complexity index is 429. The molecule has 1 atom stereocenters. The third kappa shape index (κ3) is 3.21. The molecule has 0 aliphatic carbocycles. The van der Waals surface area contributed by atoms with Crippen molar-refractivity contribution in [3.8, 4) is 0 Å². The Morgan fingerprint density at radius 2 is 2.06 bits per heavy atom. The summed E-state index contributed by atoms with van der Waals surface area (Å²) in [5, 5.41) is 8.94. The Balaban J connectivity index is 3.18. The molecule has 1 aromatic rings. The highest BCUT2D eigenvalue weighted by Crippen LogP contribution is 2.35. The number of hydrogen-bond acceptors (Lipinski definition) is 1. The molecule has 94 valence electrons. The second-order valence-corrected chi connectivity index (χ2v) is 4.39. The first-order chi connectivity index (χ1) is 7.77. The van der Waals surface area contributed by atoms with Crippen molar-refractivity contribution in [2.75, 3.05) is 0 Å². The van der Waals surface area contributed by atoms with Gasteiger partial charge in [0.15, 0.2) is 0 Å². The second kappa shape index (κ2) is 5.08. The summed E-state index contributed by atoms with van der Waals surface area (Å²) in [5.41, 5.74) is -0.443. The number of carboxylic acid groups (broad SMARTS) is 1. The maximum Gasteiger partial charge on any atom is 0.416 e. The summed E-state index contributed by atoms with van der Waals surface area (Å²) >= 11 is 2.99. The average molecular weight is 311 g/mol. The fourth-order valence-electron chi connectivity index (χ4n) is 1.51. The number of alkyl halides is 3. The van der Waals surface area contributed by atoms with Gasteiger partial charge in [0.1, 0.15) is 0 Å². The molecule has 0 amide bonds. The predicted molar refractivity (Wildman–Crippen MR) is 59.8 cm³/mol. The molecule has 0 bridgehead atoms. The third-order valence-electron chi connectivity index (χ3n) is 2.41. The Kier molecular flexibility index (Phi) is 4.19. The van der Waals surface area contributed by atoms with Crippen LogP contribution in [0.4, 0.5) is 13.2 Å². The molecule has 0 aliphatic rings. The average Bonchev–Trinajstić information content (AvgIpc) is 2.19. The van der Waals surface area contributed by atoms with Gasteiger partial charge >= 0.3 is 12.1 Å². The van der Waals surface area contributed by atoms with Crippen molar-refractivity contribution in [2.45, 2.75) is 25.4 Å². The molecule has 0 spiro atoms. The maximum atomic E-state index is 12.4. The van der Waals surface area contributed by atoms with Crippen LogP contribution in [0.2, 0.25) is 0 Å². The van der Waals surface area contributed by atoms with Gasteiger partial charge in [-0.2, -0.15) is 13.2 Å². The fourth-order valence-corrected chi connectivity index (χ4v) is 2.17. The summed E-state index contributed by atoms with van der Waals surface area (Å²) in [4.78, 5) is 10.9. The first-order valence-electron chi connectivity index (χ1n) is 4.86. The molecular formula is C11H10BrF3O2.